The smallest absolute Gasteiger partial charge is 0.289 e. The van der Waals surface area contributed by atoms with Crippen molar-refractivity contribution < 1.29 is 18.9 Å². The van der Waals surface area contributed by atoms with Gasteiger partial charge in [0.2, 0.25) is 0 Å². The maximum atomic E-state index is 12.2. The average Bonchev–Trinajstić information content (AvgIpc) is 3.13. The highest BCUT2D eigenvalue weighted by molar-refractivity contribution is 6.31. The molecule has 3 rings (SSSR count). The Morgan fingerprint density at radius 1 is 1.28 bits per heavy atom. The molecular formula is C18H21ClN3O3+. The molecule has 0 bridgehead atoms. The van der Waals surface area contributed by atoms with Crippen LogP contribution in [0, 0.1) is 6.92 Å². The summed E-state index contributed by atoms with van der Waals surface area (Å²) in [6.45, 7) is 4.97. The molecule has 0 saturated carbocycles. The highest BCUT2D eigenvalue weighted by Gasteiger charge is 2.27. The number of anilines is 1. The summed E-state index contributed by atoms with van der Waals surface area (Å²) >= 11 is 6.08. The Labute approximate surface area is 151 Å². The molecule has 25 heavy (non-hydrogen) atoms. The number of aryl methyl sites for hydroxylation is 1. The lowest BCUT2D eigenvalue weighted by Gasteiger charge is -2.31. The number of nitrogens with zero attached hydrogens (tertiary/aromatic N) is 1. The van der Waals surface area contributed by atoms with Gasteiger partial charge in [-0.3, -0.25) is 9.59 Å². The normalized spacial score (nSPS) is 15.2. The summed E-state index contributed by atoms with van der Waals surface area (Å²) < 4.78 is 5.15. The van der Waals surface area contributed by atoms with Crippen LogP contribution in [0.1, 0.15) is 16.1 Å². The molecule has 132 valence electrons. The van der Waals surface area contributed by atoms with Crippen molar-refractivity contribution in [3.8, 4) is 0 Å². The Morgan fingerprint density at radius 3 is 2.68 bits per heavy atom. The minimum atomic E-state index is -0.0946. The van der Waals surface area contributed by atoms with Crippen LogP contribution in [0.2, 0.25) is 5.02 Å². The molecule has 2 heterocycles. The Hall–Kier alpha value is -2.31. The molecule has 1 fully saturated rings. The van der Waals surface area contributed by atoms with Gasteiger partial charge in [-0.25, -0.2) is 0 Å². The van der Waals surface area contributed by atoms with Crippen LogP contribution in [0.15, 0.2) is 41.0 Å². The first-order chi connectivity index (χ1) is 12.0. The number of furan rings is 1. The molecule has 0 unspecified atom stereocenters. The Kier molecular flexibility index (Phi) is 5.40. The van der Waals surface area contributed by atoms with E-state index in [1.165, 1.54) is 6.26 Å². The SMILES string of the molecule is Cc1ccc(NC(=O)C[NH+]2CCN(C(=O)c3ccco3)CC2)cc1Cl. The number of carbonyl (C=O) groups excluding carboxylic acids is 2. The van der Waals surface area contributed by atoms with E-state index < -0.39 is 0 Å². The first-order valence-corrected chi connectivity index (χ1v) is 8.63. The van der Waals surface area contributed by atoms with Crippen molar-refractivity contribution >= 4 is 29.1 Å². The van der Waals surface area contributed by atoms with E-state index in [0.717, 1.165) is 23.6 Å². The summed E-state index contributed by atoms with van der Waals surface area (Å²) in [7, 11) is 0. The number of benzene rings is 1. The van der Waals surface area contributed by atoms with Crippen molar-refractivity contribution in [2.75, 3.05) is 38.0 Å². The zero-order chi connectivity index (χ0) is 17.8. The first kappa shape index (κ1) is 17.5. The van der Waals surface area contributed by atoms with Gasteiger partial charge < -0.3 is 19.5 Å². The number of amides is 2. The predicted octanol–water partition coefficient (Wildman–Crippen LogP) is 1.22. The number of rotatable bonds is 4. The van der Waals surface area contributed by atoms with E-state index in [1.807, 2.05) is 19.1 Å². The maximum Gasteiger partial charge on any atom is 0.289 e. The standard InChI is InChI=1S/C18H20ClN3O3/c1-13-4-5-14(11-15(13)19)20-17(23)12-21-6-8-22(9-7-21)18(24)16-3-2-10-25-16/h2-5,10-11H,6-9,12H2,1H3,(H,20,23)/p+1. The van der Waals surface area contributed by atoms with E-state index in [1.54, 1.807) is 23.1 Å². The van der Waals surface area contributed by atoms with E-state index in [0.29, 0.717) is 36.1 Å². The van der Waals surface area contributed by atoms with Crippen LogP contribution in [0.25, 0.3) is 0 Å². The monoisotopic (exact) mass is 362 g/mol. The Balaban J connectivity index is 1.47. The van der Waals surface area contributed by atoms with Gasteiger partial charge in [-0.05, 0) is 36.8 Å². The van der Waals surface area contributed by atoms with Crippen molar-refractivity contribution in [3.05, 3.63) is 52.9 Å². The zero-order valence-electron chi connectivity index (χ0n) is 14.0. The van der Waals surface area contributed by atoms with Gasteiger partial charge in [0.05, 0.1) is 32.4 Å². The van der Waals surface area contributed by atoms with Crippen LogP contribution < -0.4 is 10.2 Å². The molecule has 6 nitrogen and oxygen atoms in total. The second kappa shape index (κ2) is 7.72. The van der Waals surface area contributed by atoms with Crippen LogP contribution >= 0.6 is 11.6 Å². The third-order valence-corrected chi connectivity index (χ3v) is 4.76. The fourth-order valence-electron chi connectivity index (χ4n) is 2.86. The van der Waals surface area contributed by atoms with Crippen molar-refractivity contribution in [1.29, 1.82) is 0 Å². The molecule has 1 aliphatic rings. The van der Waals surface area contributed by atoms with Crippen molar-refractivity contribution in [2.45, 2.75) is 6.92 Å². The van der Waals surface area contributed by atoms with Gasteiger partial charge in [-0.1, -0.05) is 17.7 Å². The molecule has 2 amide bonds. The van der Waals surface area contributed by atoms with Gasteiger partial charge in [0, 0.05) is 10.7 Å². The summed E-state index contributed by atoms with van der Waals surface area (Å²) in [6.07, 6.45) is 1.50. The second-order valence-corrected chi connectivity index (χ2v) is 6.62. The lowest BCUT2D eigenvalue weighted by atomic mass is 10.2. The highest BCUT2D eigenvalue weighted by Crippen LogP contribution is 2.19. The van der Waals surface area contributed by atoms with Crippen LogP contribution in [0.5, 0.6) is 0 Å². The van der Waals surface area contributed by atoms with E-state index in [-0.39, 0.29) is 11.8 Å². The lowest BCUT2D eigenvalue weighted by Crippen LogP contribution is -3.15. The van der Waals surface area contributed by atoms with Crippen molar-refractivity contribution in [3.63, 3.8) is 0 Å². The third kappa shape index (κ3) is 4.41. The molecule has 0 atom stereocenters. The predicted molar refractivity (Wildman–Crippen MR) is 95.0 cm³/mol. The molecule has 7 heteroatoms. The fourth-order valence-corrected chi connectivity index (χ4v) is 3.04. The quantitative estimate of drug-likeness (QED) is 0.859. The Morgan fingerprint density at radius 2 is 2.04 bits per heavy atom. The molecule has 1 saturated heterocycles. The second-order valence-electron chi connectivity index (χ2n) is 6.21. The number of nitrogens with one attached hydrogen (secondary N) is 2. The molecule has 0 spiro atoms. The molecule has 0 radical (unpaired) electrons. The first-order valence-electron chi connectivity index (χ1n) is 8.25. The summed E-state index contributed by atoms with van der Waals surface area (Å²) in [5.41, 5.74) is 1.68. The molecule has 1 aliphatic heterocycles. The van der Waals surface area contributed by atoms with Crippen LogP contribution in [0.3, 0.4) is 0 Å². The molecule has 2 aromatic rings. The summed E-state index contributed by atoms with van der Waals surface area (Å²) in [5.74, 6) is 0.209. The Bertz CT molecular complexity index is 753. The average molecular weight is 363 g/mol. The highest BCUT2D eigenvalue weighted by atomic mass is 35.5. The van der Waals surface area contributed by atoms with E-state index >= 15 is 0 Å². The van der Waals surface area contributed by atoms with Gasteiger partial charge in [-0.15, -0.1) is 0 Å². The molecule has 1 aromatic heterocycles. The third-order valence-electron chi connectivity index (χ3n) is 4.36. The number of piperazine rings is 1. The van der Waals surface area contributed by atoms with Crippen LogP contribution in [-0.4, -0.2) is 49.4 Å². The van der Waals surface area contributed by atoms with Gasteiger partial charge in [0.15, 0.2) is 12.3 Å². The molecular weight excluding hydrogens is 342 g/mol. The molecule has 1 aromatic carbocycles. The van der Waals surface area contributed by atoms with Crippen LogP contribution in [-0.2, 0) is 4.79 Å². The molecule has 0 aliphatic carbocycles. The minimum Gasteiger partial charge on any atom is -0.459 e. The molecule has 2 N–H and O–H groups in total. The van der Waals surface area contributed by atoms with Gasteiger partial charge in [0.1, 0.15) is 0 Å². The largest absolute Gasteiger partial charge is 0.459 e. The number of quaternary nitrogens is 1. The van der Waals surface area contributed by atoms with Crippen molar-refractivity contribution in [1.82, 2.24) is 4.90 Å². The van der Waals surface area contributed by atoms with Crippen LogP contribution in [0.4, 0.5) is 5.69 Å². The van der Waals surface area contributed by atoms with E-state index in [4.69, 9.17) is 16.0 Å². The van der Waals surface area contributed by atoms with Crippen molar-refractivity contribution in [2.24, 2.45) is 0 Å². The summed E-state index contributed by atoms with van der Waals surface area (Å²) in [5, 5.41) is 3.51. The topological polar surface area (TPSA) is 67.0 Å². The van der Waals surface area contributed by atoms with E-state index in [2.05, 4.69) is 5.32 Å². The number of carbonyl (C=O) groups is 2. The number of hydrogen-bond donors (Lipinski definition) is 2. The van der Waals surface area contributed by atoms with E-state index in [9.17, 15) is 9.59 Å². The van der Waals surface area contributed by atoms with Gasteiger partial charge in [0.25, 0.3) is 11.8 Å². The maximum absolute atomic E-state index is 12.2. The lowest BCUT2D eigenvalue weighted by molar-refractivity contribution is -0.895. The number of hydrogen-bond acceptors (Lipinski definition) is 3. The minimum absolute atomic E-state index is 0.0549. The summed E-state index contributed by atoms with van der Waals surface area (Å²) in [6, 6.07) is 8.85. The summed E-state index contributed by atoms with van der Waals surface area (Å²) in [4.78, 5) is 27.3. The van der Waals surface area contributed by atoms with Gasteiger partial charge >= 0.3 is 0 Å². The van der Waals surface area contributed by atoms with Gasteiger partial charge in [-0.2, -0.15) is 0 Å². The number of halogens is 1. The zero-order valence-corrected chi connectivity index (χ0v) is 14.8. The fraction of sp³-hybridized carbons (Fsp3) is 0.333.